The Balaban J connectivity index is 1.40. The first-order chi connectivity index (χ1) is 11.6. The van der Waals surface area contributed by atoms with Crippen LogP contribution in [-0.4, -0.2) is 60.1 Å². The summed E-state index contributed by atoms with van der Waals surface area (Å²) >= 11 is 0. The quantitative estimate of drug-likeness (QED) is 0.820. The predicted octanol–water partition coefficient (Wildman–Crippen LogP) is 1.96. The summed E-state index contributed by atoms with van der Waals surface area (Å²) in [6.45, 7) is 1.96. The molecule has 3 fully saturated rings. The molecule has 1 spiro atoms. The highest BCUT2D eigenvalue weighted by Crippen LogP contribution is 2.36. The van der Waals surface area contributed by atoms with Gasteiger partial charge in [0.25, 0.3) is 0 Å². The monoisotopic (exact) mass is 340 g/mol. The second-order valence-corrected chi connectivity index (χ2v) is 7.16. The van der Waals surface area contributed by atoms with Crippen LogP contribution in [0.15, 0.2) is 0 Å². The maximum Gasteiger partial charge on any atom is 0.317 e. The third kappa shape index (κ3) is 4.19. The van der Waals surface area contributed by atoms with Crippen LogP contribution in [0.3, 0.4) is 0 Å². The smallest absolute Gasteiger partial charge is 0.317 e. The molecule has 0 aromatic heterocycles. The van der Waals surface area contributed by atoms with E-state index < -0.39 is 11.8 Å². The van der Waals surface area contributed by atoms with Crippen LogP contribution in [0.1, 0.15) is 51.4 Å². The molecule has 136 valence electrons. The Morgan fingerprint density at radius 2 is 1.79 bits per heavy atom. The van der Waals surface area contributed by atoms with Gasteiger partial charge in [-0.15, -0.1) is 0 Å². The number of carbonyl (C=O) groups excluding carboxylic acids is 1. The molecule has 2 amide bonds. The minimum absolute atomic E-state index is 0.0939. The van der Waals surface area contributed by atoms with Gasteiger partial charge in [0.1, 0.15) is 6.10 Å². The molecule has 0 aromatic rings. The number of piperidine rings is 1. The number of nitrogens with zero attached hydrogens (tertiary/aromatic N) is 1. The molecule has 2 aliphatic heterocycles. The molecule has 2 saturated heterocycles. The molecule has 1 saturated carbocycles. The standard InChI is InChI=1S/C17H28N2O5/c20-15(21)13-5-9-19(10-6-13)16(22)18-11-14-12-23-17(24-14)7-3-1-2-4-8-17/h13-14H,1-12H2,(H,18,22)(H,20,21). The molecule has 3 aliphatic rings. The van der Waals surface area contributed by atoms with E-state index in [1.165, 1.54) is 12.8 Å². The first kappa shape index (κ1) is 17.5. The van der Waals surface area contributed by atoms with Crippen molar-refractivity contribution in [3.63, 3.8) is 0 Å². The Kier molecular flexibility index (Phi) is 5.61. The molecule has 2 heterocycles. The SMILES string of the molecule is O=C(O)C1CCN(C(=O)NCC2COC3(CCCCCC3)O2)CC1. The lowest BCUT2D eigenvalue weighted by Gasteiger charge is -2.30. The van der Waals surface area contributed by atoms with Crippen LogP contribution in [0.4, 0.5) is 4.79 Å². The molecular formula is C17H28N2O5. The van der Waals surface area contributed by atoms with Gasteiger partial charge >= 0.3 is 12.0 Å². The minimum atomic E-state index is -0.764. The van der Waals surface area contributed by atoms with Crippen LogP contribution < -0.4 is 5.32 Å². The Morgan fingerprint density at radius 1 is 1.12 bits per heavy atom. The highest BCUT2D eigenvalue weighted by molar-refractivity contribution is 5.75. The summed E-state index contributed by atoms with van der Waals surface area (Å²) in [5.74, 6) is -1.51. The van der Waals surface area contributed by atoms with E-state index in [4.69, 9.17) is 14.6 Å². The molecule has 1 aliphatic carbocycles. The highest BCUT2D eigenvalue weighted by atomic mass is 16.7. The van der Waals surface area contributed by atoms with E-state index in [-0.39, 0.29) is 18.1 Å². The van der Waals surface area contributed by atoms with Crippen LogP contribution in [0, 0.1) is 5.92 Å². The fourth-order valence-electron chi connectivity index (χ4n) is 3.89. The van der Waals surface area contributed by atoms with Gasteiger partial charge in [0.05, 0.1) is 12.5 Å². The van der Waals surface area contributed by atoms with E-state index >= 15 is 0 Å². The fraction of sp³-hybridized carbons (Fsp3) is 0.882. The zero-order valence-electron chi connectivity index (χ0n) is 14.2. The van der Waals surface area contributed by atoms with Crippen molar-refractivity contribution in [1.82, 2.24) is 10.2 Å². The Bertz CT molecular complexity index is 454. The average Bonchev–Trinajstić information content (AvgIpc) is 2.84. The van der Waals surface area contributed by atoms with E-state index in [2.05, 4.69) is 5.32 Å². The lowest BCUT2D eigenvalue weighted by atomic mass is 9.97. The van der Waals surface area contributed by atoms with Crippen LogP contribution >= 0.6 is 0 Å². The normalized spacial score (nSPS) is 27.8. The summed E-state index contributed by atoms with van der Waals surface area (Å²) in [7, 11) is 0. The first-order valence-corrected chi connectivity index (χ1v) is 9.15. The molecule has 0 aromatic carbocycles. The molecule has 1 unspecified atom stereocenters. The van der Waals surface area contributed by atoms with Gasteiger partial charge in [-0.1, -0.05) is 12.8 Å². The molecule has 24 heavy (non-hydrogen) atoms. The molecule has 2 N–H and O–H groups in total. The molecule has 7 heteroatoms. The summed E-state index contributed by atoms with van der Waals surface area (Å²) in [6.07, 6.45) is 7.59. The highest BCUT2D eigenvalue weighted by Gasteiger charge is 2.41. The molecule has 7 nitrogen and oxygen atoms in total. The van der Waals surface area contributed by atoms with Gasteiger partial charge in [-0.25, -0.2) is 4.79 Å². The number of aliphatic carboxylic acids is 1. The van der Waals surface area contributed by atoms with Crippen LogP contribution in [-0.2, 0) is 14.3 Å². The first-order valence-electron chi connectivity index (χ1n) is 9.15. The number of rotatable bonds is 3. The van der Waals surface area contributed by atoms with Gasteiger partial charge in [-0.05, 0) is 25.7 Å². The summed E-state index contributed by atoms with van der Waals surface area (Å²) in [4.78, 5) is 24.9. The van der Waals surface area contributed by atoms with Gasteiger partial charge in [0.15, 0.2) is 5.79 Å². The number of nitrogens with one attached hydrogen (secondary N) is 1. The number of carbonyl (C=O) groups is 2. The van der Waals surface area contributed by atoms with Crippen LogP contribution in [0.25, 0.3) is 0 Å². The maximum atomic E-state index is 12.2. The van der Waals surface area contributed by atoms with Gasteiger partial charge in [-0.3, -0.25) is 4.79 Å². The lowest BCUT2D eigenvalue weighted by molar-refractivity contribution is -0.175. The largest absolute Gasteiger partial charge is 0.481 e. The third-order valence-corrected chi connectivity index (χ3v) is 5.39. The predicted molar refractivity (Wildman–Crippen MR) is 86.6 cm³/mol. The second kappa shape index (κ2) is 7.70. The van der Waals surface area contributed by atoms with Crippen molar-refractivity contribution in [2.24, 2.45) is 5.92 Å². The number of amides is 2. The summed E-state index contributed by atoms with van der Waals surface area (Å²) in [5.41, 5.74) is 0. The van der Waals surface area contributed by atoms with E-state index in [9.17, 15) is 9.59 Å². The van der Waals surface area contributed by atoms with Crippen molar-refractivity contribution in [3.05, 3.63) is 0 Å². The number of ether oxygens (including phenoxy) is 2. The van der Waals surface area contributed by atoms with Crippen LogP contribution in [0.2, 0.25) is 0 Å². The number of carboxylic acids is 1. The zero-order chi connectivity index (χ0) is 17.0. The Morgan fingerprint density at radius 3 is 2.42 bits per heavy atom. The van der Waals surface area contributed by atoms with E-state index in [1.54, 1.807) is 4.90 Å². The zero-order valence-corrected chi connectivity index (χ0v) is 14.2. The second-order valence-electron chi connectivity index (χ2n) is 7.16. The molecule has 1 atom stereocenters. The molecule has 0 bridgehead atoms. The summed E-state index contributed by atoms with van der Waals surface area (Å²) in [6, 6.07) is -0.135. The number of hydrogen-bond acceptors (Lipinski definition) is 4. The Labute approximate surface area is 142 Å². The van der Waals surface area contributed by atoms with Crippen molar-refractivity contribution in [1.29, 1.82) is 0 Å². The molecular weight excluding hydrogens is 312 g/mol. The lowest BCUT2D eigenvalue weighted by Crippen LogP contribution is -2.47. The van der Waals surface area contributed by atoms with Gasteiger partial charge in [0.2, 0.25) is 0 Å². The maximum absolute atomic E-state index is 12.2. The average molecular weight is 340 g/mol. The van der Waals surface area contributed by atoms with Crippen molar-refractivity contribution in [2.75, 3.05) is 26.2 Å². The summed E-state index contributed by atoms with van der Waals surface area (Å²) in [5, 5.41) is 11.9. The van der Waals surface area contributed by atoms with Gasteiger partial charge < -0.3 is 24.8 Å². The topological polar surface area (TPSA) is 88.1 Å². The minimum Gasteiger partial charge on any atom is -0.481 e. The van der Waals surface area contributed by atoms with E-state index in [1.807, 2.05) is 0 Å². The Hall–Kier alpha value is -1.34. The molecule has 3 rings (SSSR count). The third-order valence-electron chi connectivity index (χ3n) is 5.39. The fourth-order valence-corrected chi connectivity index (χ4v) is 3.89. The number of urea groups is 1. The van der Waals surface area contributed by atoms with Crippen molar-refractivity contribution in [2.45, 2.75) is 63.3 Å². The van der Waals surface area contributed by atoms with E-state index in [0.29, 0.717) is 39.1 Å². The van der Waals surface area contributed by atoms with Gasteiger partial charge in [0, 0.05) is 32.5 Å². The number of carboxylic acid groups (broad SMARTS) is 1. The van der Waals surface area contributed by atoms with Crippen molar-refractivity contribution in [3.8, 4) is 0 Å². The van der Waals surface area contributed by atoms with Gasteiger partial charge in [-0.2, -0.15) is 0 Å². The summed E-state index contributed by atoms with van der Waals surface area (Å²) < 4.78 is 12.1. The van der Waals surface area contributed by atoms with Crippen molar-refractivity contribution >= 4 is 12.0 Å². The van der Waals surface area contributed by atoms with E-state index in [0.717, 1.165) is 25.7 Å². The van der Waals surface area contributed by atoms with Crippen molar-refractivity contribution < 1.29 is 24.2 Å². The van der Waals surface area contributed by atoms with Crippen LogP contribution in [0.5, 0.6) is 0 Å². The number of hydrogen-bond donors (Lipinski definition) is 2. The molecule has 0 radical (unpaired) electrons. The number of likely N-dealkylation sites (tertiary alicyclic amines) is 1.